The summed E-state index contributed by atoms with van der Waals surface area (Å²) in [4.78, 5) is 11.0. The Balaban J connectivity index is 2.70. The number of carbonyl (C=O) groups is 1. The van der Waals surface area contributed by atoms with E-state index in [-0.39, 0.29) is 0 Å². The summed E-state index contributed by atoms with van der Waals surface area (Å²) in [6, 6.07) is 7.82. The highest BCUT2D eigenvalue weighted by molar-refractivity contribution is 9.10. The van der Waals surface area contributed by atoms with Crippen LogP contribution in [0.1, 0.15) is 18.5 Å². The zero-order chi connectivity index (χ0) is 11.9. The fourth-order valence-electron chi connectivity index (χ4n) is 1.93. The molecule has 0 amide bonds. The van der Waals surface area contributed by atoms with E-state index in [0.29, 0.717) is 0 Å². The van der Waals surface area contributed by atoms with Crippen LogP contribution in [0.15, 0.2) is 28.7 Å². The van der Waals surface area contributed by atoms with E-state index in [1.807, 2.05) is 35.9 Å². The molecule has 0 spiro atoms. The first-order valence-electron chi connectivity index (χ1n) is 4.99. The molecule has 2 rings (SSSR count). The van der Waals surface area contributed by atoms with Gasteiger partial charge in [0, 0.05) is 22.6 Å². The lowest BCUT2D eigenvalue weighted by Gasteiger charge is -2.08. The molecule has 0 radical (unpaired) electrons. The van der Waals surface area contributed by atoms with Crippen LogP contribution in [0.2, 0.25) is 0 Å². The predicted molar refractivity (Wildman–Crippen MR) is 66.7 cm³/mol. The third-order valence-electron chi connectivity index (χ3n) is 2.86. The molecule has 0 saturated heterocycles. The Morgan fingerprint density at radius 3 is 2.75 bits per heavy atom. The minimum absolute atomic E-state index is 0.496. The fraction of sp³-hybridized carbons (Fsp3) is 0.250. The van der Waals surface area contributed by atoms with E-state index >= 15 is 0 Å². The average molecular weight is 282 g/mol. The highest BCUT2D eigenvalue weighted by atomic mass is 79.9. The molecule has 0 bridgehead atoms. The molecule has 3 nitrogen and oxygen atoms in total. The Labute approximate surface area is 102 Å². The van der Waals surface area contributed by atoms with Crippen LogP contribution in [0, 0.1) is 0 Å². The first-order chi connectivity index (χ1) is 7.52. The highest BCUT2D eigenvalue weighted by Crippen LogP contribution is 2.29. The standard InChI is InChI=1S/C12H12BrNO2/c1-7(12(15)16)10-6-8-4-3-5-9(13)11(8)14(10)2/h3-7H,1-2H3,(H,15,16). The maximum atomic E-state index is 11.0. The number of benzene rings is 1. The third kappa shape index (κ3) is 1.63. The molecule has 0 aliphatic rings. The van der Waals surface area contributed by atoms with Crippen LogP contribution in [-0.4, -0.2) is 15.6 Å². The quantitative estimate of drug-likeness (QED) is 0.919. The number of carboxylic acids is 1. The van der Waals surface area contributed by atoms with Crippen LogP contribution in [0.3, 0.4) is 0 Å². The predicted octanol–water partition coefficient (Wildman–Crippen LogP) is 3.13. The number of hydrogen-bond donors (Lipinski definition) is 1. The molecular weight excluding hydrogens is 270 g/mol. The van der Waals surface area contributed by atoms with Gasteiger partial charge >= 0.3 is 5.97 Å². The van der Waals surface area contributed by atoms with Crippen molar-refractivity contribution in [3.05, 3.63) is 34.4 Å². The number of para-hydroxylation sites is 1. The molecule has 1 N–H and O–H groups in total. The van der Waals surface area contributed by atoms with Gasteiger partial charge in [-0.3, -0.25) is 4.79 Å². The molecule has 1 unspecified atom stereocenters. The van der Waals surface area contributed by atoms with Gasteiger partial charge in [0.05, 0.1) is 11.4 Å². The monoisotopic (exact) mass is 281 g/mol. The van der Waals surface area contributed by atoms with Crippen LogP contribution in [0.25, 0.3) is 10.9 Å². The summed E-state index contributed by atoms with van der Waals surface area (Å²) in [6.07, 6.45) is 0. The van der Waals surface area contributed by atoms with Crippen LogP contribution in [-0.2, 0) is 11.8 Å². The molecule has 16 heavy (non-hydrogen) atoms. The van der Waals surface area contributed by atoms with Crippen molar-refractivity contribution in [1.82, 2.24) is 4.57 Å². The molecule has 1 aromatic carbocycles. The van der Waals surface area contributed by atoms with Crippen molar-refractivity contribution in [1.29, 1.82) is 0 Å². The molecule has 1 aromatic heterocycles. The van der Waals surface area contributed by atoms with Crippen LogP contribution in [0.5, 0.6) is 0 Å². The van der Waals surface area contributed by atoms with E-state index in [2.05, 4.69) is 15.9 Å². The van der Waals surface area contributed by atoms with Gasteiger partial charge in [-0.05, 0) is 35.0 Å². The van der Waals surface area contributed by atoms with Gasteiger partial charge in [0.25, 0.3) is 0 Å². The van der Waals surface area contributed by atoms with Gasteiger partial charge in [0.15, 0.2) is 0 Å². The average Bonchev–Trinajstić information content (AvgIpc) is 2.56. The number of rotatable bonds is 2. The topological polar surface area (TPSA) is 42.2 Å². The number of aromatic nitrogens is 1. The Morgan fingerprint density at radius 1 is 1.50 bits per heavy atom. The summed E-state index contributed by atoms with van der Waals surface area (Å²) >= 11 is 3.48. The second-order valence-corrected chi connectivity index (χ2v) is 4.72. The Kier molecular flexibility index (Phi) is 2.76. The van der Waals surface area contributed by atoms with E-state index in [9.17, 15) is 4.79 Å². The molecule has 0 fully saturated rings. The summed E-state index contributed by atoms with van der Waals surface area (Å²) in [5.41, 5.74) is 1.85. The summed E-state index contributed by atoms with van der Waals surface area (Å²) in [5.74, 6) is -1.30. The molecule has 84 valence electrons. The van der Waals surface area contributed by atoms with Crippen molar-refractivity contribution in [2.24, 2.45) is 7.05 Å². The second kappa shape index (κ2) is 3.94. The summed E-state index contributed by atoms with van der Waals surface area (Å²) in [7, 11) is 1.89. The Hall–Kier alpha value is -1.29. The van der Waals surface area contributed by atoms with Crippen LogP contribution < -0.4 is 0 Å². The summed E-state index contributed by atoms with van der Waals surface area (Å²) < 4.78 is 2.91. The highest BCUT2D eigenvalue weighted by Gasteiger charge is 2.19. The molecule has 1 heterocycles. The van der Waals surface area contributed by atoms with E-state index < -0.39 is 11.9 Å². The minimum Gasteiger partial charge on any atom is -0.481 e. The van der Waals surface area contributed by atoms with Crippen LogP contribution in [0.4, 0.5) is 0 Å². The van der Waals surface area contributed by atoms with Gasteiger partial charge < -0.3 is 9.67 Å². The number of hydrogen-bond acceptors (Lipinski definition) is 1. The number of carboxylic acid groups (broad SMARTS) is 1. The molecular formula is C12H12BrNO2. The van der Waals surface area contributed by atoms with E-state index in [0.717, 1.165) is 21.1 Å². The van der Waals surface area contributed by atoms with E-state index in [4.69, 9.17) is 5.11 Å². The number of halogens is 1. The summed E-state index contributed by atoms with van der Waals surface area (Å²) in [6.45, 7) is 1.70. The lowest BCUT2D eigenvalue weighted by molar-refractivity contribution is -0.138. The van der Waals surface area contributed by atoms with Crippen molar-refractivity contribution < 1.29 is 9.90 Å². The fourth-order valence-corrected chi connectivity index (χ4v) is 2.58. The second-order valence-electron chi connectivity index (χ2n) is 3.87. The Morgan fingerprint density at radius 2 is 2.19 bits per heavy atom. The van der Waals surface area contributed by atoms with Gasteiger partial charge in [0.1, 0.15) is 0 Å². The van der Waals surface area contributed by atoms with Gasteiger partial charge in [-0.1, -0.05) is 12.1 Å². The first kappa shape index (κ1) is 11.2. The third-order valence-corrected chi connectivity index (χ3v) is 3.50. The van der Waals surface area contributed by atoms with Gasteiger partial charge in [-0.15, -0.1) is 0 Å². The molecule has 0 aliphatic heterocycles. The van der Waals surface area contributed by atoms with E-state index in [1.54, 1.807) is 6.92 Å². The molecule has 2 aromatic rings. The van der Waals surface area contributed by atoms with Crippen molar-refractivity contribution in [3.8, 4) is 0 Å². The van der Waals surface area contributed by atoms with Gasteiger partial charge in [0.2, 0.25) is 0 Å². The largest absolute Gasteiger partial charge is 0.481 e. The number of fused-ring (bicyclic) bond motifs is 1. The number of aryl methyl sites for hydroxylation is 1. The minimum atomic E-state index is -0.804. The maximum Gasteiger partial charge on any atom is 0.312 e. The van der Waals surface area contributed by atoms with Crippen molar-refractivity contribution in [2.45, 2.75) is 12.8 Å². The smallest absolute Gasteiger partial charge is 0.312 e. The summed E-state index contributed by atoms with van der Waals surface area (Å²) in [5, 5.41) is 10.1. The number of nitrogens with zero attached hydrogens (tertiary/aromatic N) is 1. The molecule has 0 saturated carbocycles. The first-order valence-corrected chi connectivity index (χ1v) is 5.78. The number of aliphatic carboxylic acids is 1. The van der Waals surface area contributed by atoms with Crippen molar-refractivity contribution in [3.63, 3.8) is 0 Å². The normalized spacial score (nSPS) is 12.9. The Bertz CT molecular complexity index is 559. The van der Waals surface area contributed by atoms with Crippen molar-refractivity contribution in [2.75, 3.05) is 0 Å². The SMILES string of the molecule is CC(C(=O)O)c1cc2cccc(Br)c2n1C. The molecule has 0 aliphatic carbocycles. The van der Waals surface area contributed by atoms with E-state index in [1.165, 1.54) is 0 Å². The lowest BCUT2D eigenvalue weighted by Crippen LogP contribution is -2.11. The lowest BCUT2D eigenvalue weighted by atomic mass is 10.1. The maximum absolute atomic E-state index is 11.0. The zero-order valence-electron chi connectivity index (χ0n) is 9.07. The molecule has 1 atom stereocenters. The van der Waals surface area contributed by atoms with Gasteiger partial charge in [-0.2, -0.15) is 0 Å². The van der Waals surface area contributed by atoms with Gasteiger partial charge in [-0.25, -0.2) is 0 Å². The zero-order valence-corrected chi connectivity index (χ0v) is 10.7. The van der Waals surface area contributed by atoms with Crippen molar-refractivity contribution >= 4 is 32.8 Å². The van der Waals surface area contributed by atoms with Crippen LogP contribution >= 0.6 is 15.9 Å². The molecule has 4 heteroatoms.